The number of aliphatic hydroxyl groups is 1. The summed E-state index contributed by atoms with van der Waals surface area (Å²) in [5.74, 6) is -0.429. The lowest BCUT2D eigenvalue weighted by atomic mass is 10.1. The Morgan fingerprint density at radius 1 is 1.00 bits per heavy atom. The molecule has 12 N–H and O–H groups in total. The van der Waals surface area contributed by atoms with Crippen LogP contribution in [0.2, 0.25) is 0 Å². The largest absolute Gasteiger partial charge is 0.472 e. The molecule has 3 aliphatic rings. The summed E-state index contributed by atoms with van der Waals surface area (Å²) in [6, 6.07) is -2.25. The molecule has 3 fully saturated rings. The van der Waals surface area contributed by atoms with Gasteiger partial charge >= 0.3 is 15.6 Å². The maximum Gasteiger partial charge on any atom is 0.472 e. The van der Waals surface area contributed by atoms with Crippen LogP contribution in [-0.2, 0) is 32.2 Å². The van der Waals surface area contributed by atoms with Gasteiger partial charge in [-0.3, -0.25) is 42.3 Å². The molecule has 26 heteroatoms. The molecule has 4 aromatic heterocycles. The third kappa shape index (κ3) is 5.23. The highest BCUT2D eigenvalue weighted by atomic mass is 31.2. The summed E-state index contributed by atoms with van der Waals surface area (Å²) in [5, 5.41) is 12.3. The van der Waals surface area contributed by atoms with Crippen molar-refractivity contribution in [1.82, 2.24) is 44.1 Å². The zero-order chi connectivity index (χ0) is 32.7. The number of nitrogens with zero attached hydrogens (tertiary/aromatic N) is 6. The Kier molecular flexibility index (Phi) is 7.39. The second-order valence-electron chi connectivity index (χ2n) is 10.5. The normalized spacial score (nSPS) is 34.0. The summed E-state index contributed by atoms with van der Waals surface area (Å²) >= 11 is 0. The molecule has 7 heterocycles. The molecular weight excluding hydrogens is 662 g/mol. The van der Waals surface area contributed by atoms with E-state index in [1.807, 2.05) is 0 Å². The molecule has 24 nitrogen and oxygen atoms in total. The molecular formula is C20H26N12O12P2. The number of phosphoric acid groups is 1. The van der Waals surface area contributed by atoms with Crippen LogP contribution in [0.3, 0.4) is 0 Å². The standard InChI is InChI=1S/C20H26N12O12P2/c21-7-11(5(1-33)41-17(7)31-3-24-9-13(31)26-19(22)28-15(9)34)44-46(38,39)40-2-6-12-8(30-45(36,37)43-12)18(42-6)32-4-25-10-14(32)27-20(23)29-16(10)35/h3-8,11-12,17-18,33H,1-2,21H2,(H,38,39)(H2,30,36,37)(H3,22,26,28,34)(H3,23,27,29,35). The summed E-state index contributed by atoms with van der Waals surface area (Å²) in [6.07, 6.45) is -5.02. The van der Waals surface area contributed by atoms with E-state index in [1.165, 1.54) is 21.8 Å². The van der Waals surface area contributed by atoms with E-state index >= 15 is 0 Å². The first-order chi connectivity index (χ1) is 21.7. The predicted molar refractivity (Wildman–Crippen MR) is 150 cm³/mol. The van der Waals surface area contributed by atoms with Gasteiger partial charge in [0.1, 0.15) is 24.4 Å². The Hall–Kier alpha value is -3.64. The van der Waals surface area contributed by atoms with E-state index in [1.54, 1.807) is 0 Å². The minimum Gasteiger partial charge on any atom is -0.394 e. The van der Waals surface area contributed by atoms with Crippen molar-refractivity contribution in [2.75, 3.05) is 24.7 Å². The number of ether oxygens (including phenoxy) is 2. The van der Waals surface area contributed by atoms with E-state index < -0.39 is 88.9 Å². The number of hydrogen-bond acceptors (Lipinski definition) is 17. The van der Waals surface area contributed by atoms with Crippen molar-refractivity contribution in [3.05, 3.63) is 33.4 Å². The first-order valence-corrected chi connectivity index (χ1v) is 16.4. The summed E-state index contributed by atoms with van der Waals surface area (Å²) in [4.78, 5) is 65.9. The maximum absolute atomic E-state index is 13.1. The molecule has 0 amide bonds. The Morgan fingerprint density at radius 2 is 1.57 bits per heavy atom. The molecule has 10 atom stereocenters. The van der Waals surface area contributed by atoms with E-state index in [0.717, 1.165) is 0 Å². The summed E-state index contributed by atoms with van der Waals surface area (Å²) in [6.45, 7) is -1.40. The minimum atomic E-state index is -5.02. The number of nitrogens with one attached hydrogen (secondary N) is 3. The van der Waals surface area contributed by atoms with Crippen LogP contribution in [0.15, 0.2) is 22.2 Å². The van der Waals surface area contributed by atoms with Crippen molar-refractivity contribution >= 4 is 49.8 Å². The van der Waals surface area contributed by atoms with E-state index in [4.69, 9.17) is 40.2 Å². The summed E-state index contributed by atoms with van der Waals surface area (Å²) in [5.41, 5.74) is 16.2. The van der Waals surface area contributed by atoms with Crippen LogP contribution in [0.1, 0.15) is 12.5 Å². The molecule has 0 saturated carbocycles. The molecule has 3 aliphatic heterocycles. The number of phosphoric ester groups is 1. The van der Waals surface area contributed by atoms with Gasteiger partial charge < -0.3 is 41.6 Å². The summed E-state index contributed by atoms with van der Waals surface area (Å²) < 4.78 is 55.6. The molecule has 0 aliphatic carbocycles. The number of nitrogens with two attached hydrogens (primary N) is 3. The molecule has 7 rings (SSSR count). The Balaban J connectivity index is 1.09. The molecule has 46 heavy (non-hydrogen) atoms. The Morgan fingerprint density at radius 3 is 2.15 bits per heavy atom. The highest BCUT2D eigenvalue weighted by Gasteiger charge is 2.57. The number of rotatable bonds is 8. The maximum atomic E-state index is 13.1. The third-order valence-corrected chi connectivity index (χ3v) is 9.73. The molecule has 3 saturated heterocycles. The fraction of sp³-hybridized carbons (Fsp3) is 0.500. The molecule has 10 unspecified atom stereocenters. The highest BCUT2D eigenvalue weighted by molar-refractivity contribution is 7.50. The molecule has 4 aromatic rings. The fourth-order valence-corrected chi connectivity index (χ4v) is 7.95. The number of aromatic nitrogens is 8. The van der Waals surface area contributed by atoms with Crippen molar-refractivity contribution < 1.29 is 47.1 Å². The first-order valence-electron chi connectivity index (χ1n) is 13.3. The lowest BCUT2D eigenvalue weighted by Crippen LogP contribution is -2.41. The quantitative estimate of drug-likeness (QED) is 0.0810. The van der Waals surface area contributed by atoms with Crippen molar-refractivity contribution in [1.29, 1.82) is 0 Å². The zero-order valence-electron chi connectivity index (χ0n) is 23.0. The fourth-order valence-electron chi connectivity index (χ4n) is 5.67. The van der Waals surface area contributed by atoms with Gasteiger partial charge in [-0.25, -0.2) is 24.2 Å². The number of H-pyrrole nitrogens is 2. The van der Waals surface area contributed by atoms with Crippen LogP contribution < -0.4 is 33.4 Å². The monoisotopic (exact) mass is 688 g/mol. The minimum absolute atomic E-state index is 0.00260. The van der Waals surface area contributed by atoms with Crippen molar-refractivity contribution in [3.63, 3.8) is 0 Å². The highest BCUT2D eigenvalue weighted by Crippen LogP contribution is 2.54. The van der Waals surface area contributed by atoms with Crippen LogP contribution in [0, 0.1) is 0 Å². The van der Waals surface area contributed by atoms with E-state index in [9.17, 15) is 33.6 Å². The van der Waals surface area contributed by atoms with Crippen LogP contribution >= 0.6 is 15.6 Å². The second kappa shape index (κ2) is 11.0. The van der Waals surface area contributed by atoms with Gasteiger partial charge in [-0.15, -0.1) is 0 Å². The van der Waals surface area contributed by atoms with Crippen molar-refractivity contribution in [2.45, 2.75) is 49.0 Å². The Labute approximate surface area is 254 Å². The molecule has 248 valence electrons. The number of hydrogen-bond donors (Lipinski definition) is 9. The van der Waals surface area contributed by atoms with Crippen LogP contribution in [-0.4, -0.2) is 104 Å². The van der Waals surface area contributed by atoms with Gasteiger partial charge in [0, 0.05) is 0 Å². The number of fused-ring (bicyclic) bond motifs is 3. The van der Waals surface area contributed by atoms with Gasteiger partial charge in [-0.1, -0.05) is 0 Å². The van der Waals surface area contributed by atoms with Crippen molar-refractivity contribution in [2.24, 2.45) is 5.73 Å². The lowest BCUT2D eigenvalue weighted by Gasteiger charge is -2.24. The van der Waals surface area contributed by atoms with Gasteiger partial charge in [-0.2, -0.15) is 9.97 Å². The van der Waals surface area contributed by atoms with Gasteiger partial charge in [0.05, 0.1) is 38.0 Å². The van der Waals surface area contributed by atoms with Crippen LogP contribution in [0.5, 0.6) is 0 Å². The Bertz CT molecular complexity index is 2050. The molecule has 0 bridgehead atoms. The van der Waals surface area contributed by atoms with Gasteiger partial charge in [0.15, 0.2) is 34.8 Å². The van der Waals surface area contributed by atoms with Crippen LogP contribution in [0.25, 0.3) is 22.3 Å². The van der Waals surface area contributed by atoms with Gasteiger partial charge in [0.2, 0.25) is 11.9 Å². The van der Waals surface area contributed by atoms with E-state index in [0.29, 0.717) is 0 Å². The zero-order valence-corrected chi connectivity index (χ0v) is 24.8. The average Bonchev–Trinajstić information content (AvgIpc) is 3.77. The van der Waals surface area contributed by atoms with Gasteiger partial charge in [-0.05, 0) is 0 Å². The number of aliphatic hydroxyl groups excluding tert-OH is 1. The molecule has 0 radical (unpaired) electrons. The number of aromatic amines is 2. The molecule has 0 aromatic carbocycles. The van der Waals surface area contributed by atoms with E-state index in [-0.39, 0.29) is 34.2 Å². The average molecular weight is 688 g/mol. The van der Waals surface area contributed by atoms with Crippen molar-refractivity contribution in [3.8, 4) is 0 Å². The molecule has 0 spiro atoms. The lowest BCUT2D eigenvalue weighted by molar-refractivity contribution is -0.0556. The predicted octanol–water partition coefficient (Wildman–Crippen LogP) is -3.51. The third-order valence-electron chi connectivity index (χ3n) is 7.59. The first kappa shape index (κ1) is 31.0. The number of nitrogen functional groups attached to an aromatic ring is 2. The topological polar surface area (TPSA) is 358 Å². The van der Waals surface area contributed by atoms with Crippen LogP contribution in [0.4, 0.5) is 11.9 Å². The van der Waals surface area contributed by atoms with E-state index in [2.05, 4.69) is 35.0 Å². The number of imidazole rings is 2. The van der Waals surface area contributed by atoms with Gasteiger partial charge in [0.25, 0.3) is 11.1 Å². The second-order valence-corrected chi connectivity index (χ2v) is 13.4. The number of anilines is 2. The smallest absolute Gasteiger partial charge is 0.394 e. The summed E-state index contributed by atoms with van der Waals surface area (Å²) in [7, 11) is -9.36. The SMILES string of the molecule is Nc1nc2c(ncn2C2OC(CO)C(OP(=O)(O)OCC3OC(n4cnc5c(=O)[nH]c(N)nc54)C4NP(=O)(O)OC34)C2N)c(=O)[nH]1.